The minimum absolute atomic E-state index is 0.186. The van der Waals surface area contributed by atoms with E-state index in [1.807, 2.05) is 23.1 Å². The van der Waals surface area contributed by atoms with Gasteiger partial charge in [-0.3, -0.25) is 9.59 Å². The molecule has 0 radical (unpaired) electrons. The lowest BCUT2D eigenvalue weighted by Crippen LogP contribution is -2.36. The molecular weight excluding hydrogens is 369 g/mol. The molecule has 1 saturated carbocycles. The summed E-state index contributed by atoms with van der Waals surface area (Å²) in [6, 6.07) is 10.1. The molecule has 29 heavy (non-hydrogen) atoms. The van der Waals surface area contributed by atoms with Crippen molar-refractivity contribution in [3.05, 3.63) is 59.0 Å². The lowest BCUT2D eigenvalue weighted by atomic mass is 10.00. The number of carbonyl (C=O) groups excluding carboxylic acids is 2. The van der Waals surface area contributed by atoms with E-state index in [0.717, 1.165) is 49.0 Å². The third-order valence-corrected chi connectivity index (χ3v) is 5.82. The molecule has 1 aliphatic carbocycles. The fourth-order valence-corrected chi connectivity index (χ4v) is 4.24. The van der Waals surface area contributed by atoms with Gasteiger partial charge in [0.2, 0.25) is 5.91 Å². The van der Waals surface area contributed by atoms with Crippen molar-refractivity contribution < 1.29 is 14.0 Å². The Morgan fingerprint density at radius 2 is 2.00 bits per heavy atom. The summed E-state index contributed by atoms with van der Waals surface area (Å²) in [5, 5.41) is 3.51. The zero-order chi connectivity index (χ0) is 20.1. The molecule has 2 aromatic carbocycles. The summed E-state index contributed by atoms with van der Waals surface area (Å²) in [6.45, 7) is 2.56. The molecule has 1 aromatic heterocycles. The molecule has 0 spiro atoms. The van der Waals surface area contributed by atoms with E-state index in [4.69, 9.17) is 0 Å². The monoisotopic (exact) mass is 391 g/mol. The minimum atomic E-state index is -0.375. The number of hydrogen-bond acceptors (Lipinski definition) is 2. The van der Waals surface area contributed by atoms with Crippen LogP contribution in [0.5, 0.6) is 0 Å². The Morgan fingerprint density at radius 1 is 1.17 bits per heavy atom. The summed E-state index contributed by atoms with van der Waals surface area (Å²) in [7, 11) is 0. The number of aromatic amines is 1. The molecule has 0 saturated heterocycles. The number of halogens is 1. The van der Waals surface area contributed by atoms with E-state index in [0.29, 0.717) is 22.3 Å². The molecule has 5 nitrogen and oxygen atoms in total. The highest BCUT2D eigenvalue weighted by Crippen LogP contribution is 2.36. The number of fused-ring (bicyclic) bond motifs is 2. The van der Waals surface area contributed by atoms with Gasteiger partial charge in [0.1, 0.15) is 5.82 Å². The summed E-state index contributed by atoms with van der Waals surface area (Å²) in [5.41, 5.74) is 4.58. The number of hydrogen-bond donors (Lipinski definition) is 2. The lowest BCUT2D eigenvalue weighted by Gasteiger charge is -2.30. The van der Waals surface area contributed by atoms with Crippen LogP contribution in [0.15, 0.2) is 36.4 Å². The molecular formula is C23H22FN3O2. The van der Waals surface area contributed by atoms with E-state index in [1.54, 1.807) is 13.0 Å². The Morgan fingerprint density at radius 3 is 2.79 bits per heavy atom. The van der Waals surface area contributed by atoms with Crippen molar-refractivity contribution in [2.75, 3.05) is 16.8 Å². The molecule has 2 amide bonds. The van der Waals surface area contributed by atoms with Gasteiger partial charge in [0.15, 0.2) is 0 Å². The van der Waals surface area contributed by atoms with Crippen LogP contribution in [0.1, 0.15) is 40.9 Å². The van der Waals surface area contributed by atoms with Gasteiger partial charge < -0.3 is 15.2 Å². The molecule has 6 heteroatoms. The van der Waals surface area contributed by atoms with E-state index >= 15 is 0 Å². The second kappa shape index (κ2) is 6.72. The molecule has 1 aliphatic heterocycles. The van der Waals surface area contributed by atoms with E-state index < -0.39 is 0 Å². The molecule has 1 fully saturated rings. The van der Waals surface area contributed by atoms with Crippen LogP contribution in [-0.2, 0) is 11.2 Å². The highest BCUT2D eigenvalue weighted by molar-refractivity contribution is 6.14. The summed E-state index contributed by atoms with van der Waals surface area (Å²) in [5.74, 6) is -0.245. The lowest BCUT2D eigenvalue weighted by molar-refractivity contribution is -0.119. The van der Waals surface area contributed by atoms with Gasteiger partial charge in [0, 0.05) is 40.4 Å². The maximum absolute atomic E-state index is 13.7. The number of nitrogens with one attached hydrogen (secondary N) is 2. The van der Waals surface area contributed by atoms with Crippen LogP contribution >= 0.6 is 0 Å². The molecule has 2 heterocycles. The molecule has 0 atom stereocenters. The van der Waals surface area contributed by atoms with Crippen molar-refractivity contribution in [1.29, 1.82) is 0 Å². The quantitative estimate of drug-likeness (QED) is 0.688. The normalized spacial score (nSPS) is 16.0. The maximum atomic E-state index is 13.7. The molecule has 5 rings (SSSR count). The topological polar surface area (TPSA) is 65.2 Å². The number of rotatable bonds is 3. The second-order valence-corrected chi connectivity index (χ2v) is 7.98. The van der Waals surface area contributed by atoms with Crippen LogP contribution < -0.4 is 10.2 Å². The van der Waals surface area contributed by atoms with Crippen LogP contribution in [0.4, 0.5) is 15.8 Å². The first kappa shape index (κ1) is 17.9. The molecule has 2 N–H and O–H groups in total. The Bertz CT molecular complexity index is 1150. The number of benzene rings is 2. The molecule has 148 valence electrons. The number of H-pyrrole nitrogens is 1. The van der Waals surface area contributed by atoms with Crippen molar-refractivity contribution in [1.82, 2.24) is 4.98 Å². The zero-order valence-corrected chi connectivity index (χ0v) is 16.2. The van der Waals surface area contributed by atoms with E-state index in [2.05, 4.69) is 10.3 Å². The van der Waals surface area contributed by atoms with E-state index in [1.165, 1.54) is 12.1 Å². The number of aryl methyl sites for hydroxylation is 2. The van der Waals surface area contributed by atoms with Gasteiger partial charge >= 0.3 is 0 Å². The molecule has 0 bridgehead atoms. The summed E-state index contributed by atoms with van der Waals surface area (Å²) < 4.78 is 13.7. The Kier molecular flexibility index (Phi) is 4.15. The third kappa shape index (κ3) is 3.18. The van der Waals surface area contributed by atoms with Crippen molar-refractivity contribution >= 4 is 34.1 Å². The van der Waals surface area contributed by atoms with Crippen molar-refractivity contribution in [2.24, 2.45) is 5.92 Å². The van der Waals surface area contributed by atoms with Gasteiger partial charge in [-0.15, -0.1) is 0 Å². The molecule has 3 aromatic rings. The van der Waals surface area contributed by atoms with Crippen LogP contribution in [-0.4, -0.2) is 23.3 Å². The number of anilines is 2. The first-order valence-corrected chi connectivity index (χ1v) is 10.0. The van der Waals surface area contributed by atoms with Crippen molar-refractivity contribution in [3.8, 4) is 0 Å². The highest BCUT2D eigenvalue weighted by Gasteiger charge is 2.35. The third-order valence-electron chi connectivity index (χ3n) is 5.82. The number of aromatic nitrogens is 1. The largest absolute Gasteiger partial charge is 0.358 e. The standard InChI is InChI=1S/C23H22FN3O2/c1-13-21(18-12-16(24)6-8-19(18)25-13)22(28)26-17-7-9-20-15(11-17)3-2-10-27(20)23(29)14-4-5-14/h6-9,11-12,14,25H,2-5,10H2,1H3,(H,26,28). The zero-order valence-electron chi connectivity index (χ0n) is 16.2. The Labute approximate surface area is 167 Å². The predicted molar refractivity (Wildman–Crippen MR) is 111 cm³/mol. The van der Waals surface area contributed by atoms with Gasteiger partial charge in [-0.2, -0.15) is 0 Å². The number of amides is 2. The first-order chi connectivity index (χ1) is 14.0. The fourth-order valence-electron chi connectivity index (χ4n) is 4.24. The smallest absolute Gasteiger partial charge is 0.258 e. The minimum Gasteiger partial charge on any atom is -0.358 e. The van der Waals surface area contributed by atoms with Crippen LogP contribution in [0.3, 0.4) is 0 Å². The van der Waals surface area contributed by atoms with Crippen LogP contribution in [0.2, 0.25) is 0 Å². The van der Waals surface area contributed by atoms with E-state index in [9.17, 15) is 14.0 Å². The average molecular weight is 391 g/mol. The van der Waals surface area contributed by atoms with Crippen LogP contribution in [0, 0.1) is 18.7 Å². The van der Waals surface area contributed by atoms with Gasteiger partial charge in [0.25, 0.3) is 5.91 Å². The number of nitrogens with zero attached hydrogens (tertiary/aromatic N) is 1. The summed E-state index contributed by atoms with van der Waals surface area (Å²) in [4.78, 5) is 30.5. The fraction of sp³-hybridized carbons (Fsp3) is 0.304. The average Bonchev–Trinajstić information content (AvgIpc) is 3.49. The Hall–Kier alpha value is -3.15. The first-order valence-electron chi connectivity index (χ1n) is 10.0. The van der Waals surface area contributed by atoms with Gasteiger partial charge in [0.05, 0.1) is 5.56 Å². The van der Waals surface area contributed by atoms with E-state index in [-0.39, 0.29) is 23.5 Å². The Balaban J connectivity index is 1.43. The molecule has 2 aliphatic rings. The van der Waals surface area contributed by atoms with Crippen molar-refractivity contribution in [2.45, 2.75) is 32.6 Å². The SMILES string of the molecule is Cc1[nH]c2ccc(F)cc2c1C(=O)Nc1ccc2c(c1)CCCN2C(=O)C1CC1. The van der Waals surface area contributed by atoms with Crippen LogP contribution in [0.25, 0.3) is 10.9 Å². The molecule has 0 unspecified atom stereocenters. The van der Waals surface area contributed by atoms with Gasteiger partial charge in [-0.25, -0.2) is 4.39 Å². The van der Waals surface area contributed by atoms with Crippen molar-refractivity contribution in [3.63, 3.8) is 0 Å². The predicted octanol–water partition coefficient (Wildman–Crippen LogP) is 4.56. The summed E-state index contributed by atoms with van der Waals surface area (Å²) >= 11 is 0. The highest BCUT2D eigenvalue weighted by atomic mass is 19.1. The van der Waals surface area contributed by atoms with Gasteiger partial charge in [-0.05, 0) is 74.6 Å². The summed E-state index contributed by atoms with van der Waals surface area (Å²) in [6.07, 6.45) is 3.78. The van der Waals surface area contributed by atoms with Gasteiger partial charge in [-0.1, -0.05) is 0 Å². The second-order valence-electron chi connectivity index (χ2n) is 7.98. The number of carbonyl (C=O) groups is 2. The maximum Gasteiger partial charge on any atom is 0.258 e.